The lowest BCUT2D eigenvalue weighted by atomic mass is 9.91. The van der Waals surface area contributed by atoms with Crippen LogP contribution < -0.4 is 22.1 Å². The van der Waals surface area contributed by atoms with Crippen LogP contribution in [0.2, 0.25) is 0 Å². The third-order valence-corrected chi connectivity index (χ3v) is 6.00. The zero-order valence-electron chi connectivity index (χ0n) is 18.4. The number of nitrogens with one attached hydrogen (secondary N) is 2. The molecule has 4 rings (SSSR count). The molecule has 0 aliphatic heterocycles. The van der Waals surface area contributed by atoms with Crippen LogP contribution in [0, 0.1) is 11.6 Å². The Kier molecular flexibility index (Phi) is 6.75. The number of rotatable bonds is 8. The molecule has 0 radical (unpaired) electrons. The summed E-state index contributed by atoms with van der Waals surface area (Å²) in [5.41, 5.74) is 12.3. The first-order valence-electron chi connectivity index (χ1n) is 10.9. The van der Waals surface area contributed by atoms with E-state index in [9.17, 15) is 13.6 Å². The minimum absolute atomic E-state index is 0.0304. The fourth-order valence-electron chi connectivity index (χ4n) is 4.27. The third-order valence-electron chi connectivity index (χ3n) is 6.00. The van der Waals surface area contributed by atoms with Gasteiger partial charge in [0.05, 0.1) is 17.7 Å². The van der Waals surface area contributed by atoms with E-state index in [-0.39, 0.29) is 29.3 Å². The molecule has 33 heavy (non-hydrogen) atoms. The molecule has 6 N–H and O–H groups in total. The van der Waals surface area contributed by atoms with Crippen molar-refractivity contribution < 1.29 is 18.3 Å². The van der Waals surface area contributed by atoms with Crippen LogP contribution in [0.15, 0.2) is 30.5 Å². The first-order chi connectivity index (χ1) is 15.9. The van der Waals surface area contributed by atoms with Crippen LogP contribution in [0.25, 0.3) is 10.9 Å². The summed E-state index contributed by atoms with van der Waals surface area (Å²) in [6, 6.07) is 5.58. The van der Waals surface area contributed by atoms with Crippen molar-refractivity contribution in [2.75, 3.05) is 24.4 Å². The second-order valence-corrected chi connectivity index (χ2v) is 8.30. The highest BCUT2D eigenvalue weighted by Gasteiger charge is 2.24. The van der Waals surface area contributed by atoms with Gasteiger partial charge in [0.1, 0.15) is 11.6 Å². The average Bonchev–Trinajstić information content (AvgIpc) is 3.19. The number of benzene rings is 1. The summed E-state index contributed by atoms with van der Waals surface area (Å²) in [4.78, 5) is 16.2. The number of methoxy groups -OCH3 is 1. The number of carbonyl (C=O) groups excluding carboxylic acids is 1. The normalized spacial score (nSPS) is 18.4. The van der Waals surface area contributed by atoms with Crippen molar-refractivity contribution in [2.45, 2.75) is 44.3 Å². The number of hydrogen-bond donors (Lipinski definition) is 4. The van der Waals surface area contributed by atoms with Gasteiger partial charge in [0.2, 0.25) is 0 Å². The van der Waals surface area contributed by atoms with Crippen LogP contribution in [-0.2, 0) is 11.3 Å². The van der Waals surface area contributed by atoms with Crippen LogP contribution in [-0.4, -0.2) is 41.3 Å². The van der Waals surface area contributed by atoms with E-state index in [1.54, 1.807) is 30.0 Å². The van der Waals surface area contributed by atoms with Crippen molar-refractivity contribution in [3.05, 3.63) is 47.7 Å². The summed E-state index contributed by atoms with van der Waals surface area (Å²) in [6.07, 6.45) is 5.43. The number of anilines is 3. The van der Waals surface area contributed by atoms with E-state index < -0.39 is 17.5 Å². The van der Waals surface area contributed by atoms with Gasteiger partial charge in [0, 0.05) is 43.0 Å². The Morgan fingerprint density at radius 2 is 2.00 bits per heavy atom. The van der Waals surface area contributed by atoms with E-state index in [1.807, 2.05) is 0 Å². The molecule has 3 aromatic rings. The fraction of sp³-hybridized carbons (Fsp3) is 0.391. The second-order valence-electron chi connectivity index (χ2n) is 8.30. The summed E-state index contributed by atoms with van der Waals surface area (Å²) < 4.78 is 36.5. The molecule has 8 nitrogen and oxygen atoms in total. The zero-order valence-corrected chi connectivity index (χ0v) is 18.4. The van der Waals surface area contributed by atoms with Gasteiger partial charge in [0.15, 0.2) is 11.6 Å². The van der Waals surface area contributed by atoms with E-state index >= 15 is 0 Å². The lowest BCUT2D eigenvalue weighted by molar-refractivity contribution is 0.100. The van der Waals surface area contributed by atoms with Crippen LogP contribution in [0.1, 0.15) is 36.0 Å². The molecule has 2 aromatic heterocycles. The maximum absolute atomic E-state index is 14.9. The molecule has 10 heteroatoms. The van der Waals surface area contributed by atoms with Crippen molar-refractivity contribution in [1.29, 1.82) is 0 Å². The Morgan fingerprint density at radius 3 is 2.73 bits per heavy atom. The number of hydrogen-bond acceptors (Lipinski definition) is 6. The predicted molar refractivity (Wildman–Crippen MR) is 124 cm³/mol. The van der Waals surface area contributed by atoms with Crippen molar-refractivity contribution in [3.63, 3.8) is 0 Å². The highest BCUT2D eigenvalue weighted by Crippen LogP contribution is 2.29. The molecule has 2 atom stereocenters. The molecule has 0 bridgehead atoms. The van der Waals surface area contributed by atoms with Crippen molar-refractivity contribution in [3.8, 4) is 0 Å². The molecule has 176 valence electrons. The molecular formula is C23H28F2N6O2. The molecule has 1 amide bonds. The number of nitrogens with two attached hydrogens (primary N) is 2. The minimum atomic E-state index is -0.850. The van der Waals surface area contributed by atoms with Gasteiger partial charge in [-0.1, -0.05) is 12.8 Å². The van der Waals surface area contributed by atoms with Crippen molar-refractivity contribution in [2.24, 2.45) is 11.5 Å². The van der Waals surface area contributed by atoms with Crippen molar-refractivity contribution >= 4 is 34.1 Å². The molecule has 1 aromatic carbocycles. The van der Waals surface area contributed by atoms with Gasteiger partial charge in [-0.3, -0.25) is 4.79 Å². The van der Waals surface area contributed by atoms with E-state index in [2.05, 4.69) is 15.6 Å². The average molecular weight is 459 g/mol. The topological polar surface area (TPSA) is 120 Å². The van der Waals surface area contributed by atoms with Crippen LogP contribution in [0.4, 0.5) is 26.1 Å². The number of ether oxygens (including phenoxy) is 1. The highest BCUT2D eigenvalue weighted by atomic mass is 19.1. The molecule has 0 spiro atoms. The zero-order chi connectivity index (χ0) is 23.5. The Balaban J connectivity index is 1.66. The number of nitrogens with zero attached hydrogens (tertiary/aromatic N) is 2. The lowest BCUT2D eigenvalue weighted by Crippen LogP contribution is -2.43. The summed E-state index contributed by atoms with van der Waals surface area (Å²) in [5.74, 6) is -2.00. The number of halogens is 2. The largest absolute Gasteiger partial charge is 0.383 e. The SMILES string of the molecule is COCCn1ccc2cc(Nc3nc(N[C@@H]4CCCC[C@@H]4N)c(F)cc3C(N)=O)cc(F)c21. The number of fused-ring (bicyclic) bond motifs is 1. The molecule has 1 aliphatic rings. The third kappa shape index (κ3) is 4.91. The summed E-state index contributed by atoms with van der Waals surface area (Å²) in [7, 11) is 1.58. The lowest BCUT2D eigenvalue weighted by Gasteiger charge is -2.30. The fourth-order valence-corrected chi connectivity index (χ4v) is 4.27. The number of carbonyl (C=O) groups is 1. The van der Waals surface area contributed by atoms with Gasteiger partial charge in [-0.2, -0.15) is 0 Å². The Bertz CT molecular complexity index is 1170. The number of pyridine rings is 1. The van der Waals surface area contributed by atoms with Gasteiger partial charge in [-0.15, -0.1) is 0 Å². The van der Waals surface area contributed by atoms with Gasteiger partial charge in [-0.25, -0.2) is 13.8 Å². The van der Waals surface area contributed by atoms with Crippen LogP contribution in [0.3, 0.4) is 0 Å². The number of primary amides is 1. The molecular weight excluding hydrogens is 430 g/mol. The monoisotopic (exact) mass is 458 g/mol. The summed E-state index contributed by atoms with van der Waals surface area (Å²) in [6.45, 7) is 0.957. The van der Waals surface area contributed by atoms with E-state index in [0.29, 0.717) is 29.7 Å². The predicted octanol–water partition coefficient (Wildman–Crippen LogP) is 3.49. The second kappa shape index (κ2) is 9.72. The van der Waals surface area contributed by atoms with E-state index in [0.717, 1.165) is 31.7 Å². The first kappa shape index (κ1) is 22.9. The first-order valence-corrected chi connectivity index (χ1v) is 10.9. The number of aromatic nitrogens is 2. The Hall–Kier alpha value is -3.24. The van der Waals surface area contributed by atoms with E-state index in [1.165, 1.54) is 6.07 Å². The van der Waals surface area contributed by atoms with Crippen LogP contribution in [0.5, 0.6) is 0 Å². The van der Waals surface area contributed by atoms with E-state index in [4.69, 9.17) is 16.2 Å². The summed E-state index contributed by atoms with van der Waals surface area (Å²) in [5, 5.41) is 6.65. The molecule has 1 fully saturated rings. The maximum Gasteiger partial charge on any atom is 0.252 e. The summed E-state index contributed by atoms with van der Waals surface area (Å²) >= 11 is 0. The molecule has 0 unspecified atom stereocenters. The van der Waals surface area contributed by atoms with Crippen LogP contribution >= 0.6 is 0 Å². The quantitative estimate of drug-likeness (QED) is 0.410. The van der Waals surface area contributed by atoms with Crippen molar-refractivity contribution in [1.82, 2.24) is 9.55 Å². The Morgan fingerprint density at radius 1 is 1.21 bits per heavy atom. The maximum atomic E-state index is 14.9. The van der Waals surface area contributed by atoms with Gasteiger partial charge >= 0.3 is 0 Å². The van der Waals surface area contributed by atoms with Gasteiger partial charge in [-0.05, 0) is 37.1 Å². The highest BCUT2D eigenvalue weighted by molar-refractivity contribution is 5.99. The molecule has 0 saturated heterocycles. The molecule has 1 aliphatic carbocycles. The smallest absolute Gasteiger partial charge is 0.252 e. The standard InChI is InChI=1S/C23H28F2N6O2/c1-33-9-8-31-7-6-13-10-14(11-16(24)20(13)31)28-22-15(21(27)32)12-17(25)23(30-22)29-19-5-3-2-4-18(19)26/h6-7,10-12,18-19H,2-5,8-9,26H2,1H3,(H2,27,32)(H2,28,29,30)/t18-,19+/m0/s1. The number of amides is 1. The molecule has 2 heterocycles. The van der Waals surface area contributed by atoms with Gasteiger partial charge in [0.25, 0.3) is 5.91 Å². The van der Waals surface area contributed by atoms with Gasteiger partial charge < -0.3 is 31.4 Å². The minimum Gasteiger partial charge on any atom is -0.383 e. The molecule has 1 saturated carbocycles. The Labute approximate surface area is 190 Å².